The van der Waals surface area contributed by atoms with Gasteiger partial charge in [-0.25, -0.2) is 9.97 Å². The molecular formula is C18H19N3O2S2. The van der Waals surface area contributed by atoms with Crippen LogP contribution >= 0.6 is 22.7 Å². The number of nitrogens with one attached hydrogen (secondary N) is 1. The Hall–Kier alpha value is -2.25. The van der Waals surface area contributed by atoms with E-state index in [-0.39, 0.29) is 12.3 Å². The fourth-order valence-corrected chi connectivity index (χ4v) is 3.58. The van der Waals surface area contributed by atoms with Crippen molar-refractivity contribution in [3.8, 4) is 5.75 Å². The van der Waals surface area contributed by atoms with E-state index in [4.69, 9.17) is 4.74 Å². The fourth-order valence-electron chi connectivity index (χ4n) is 2.16. The maximum absolute atomic E-state index is 12.0. The number of aromatic nitrogens is 2. The smallest absolute Gasteiger partial charge is 0.226 e. The summed E-state index contributed by atoms with van der Waals surface area (Å²) >= 11 is 3.06. The zero-order chi connectivity index (χ0) is 17.6. The normalized spacial score (nSPS) is 10.6. The van der Waals surface area contributed by atoms with E-state index in [1.165, 1.54) is 16.9 Å². The highest BCUT2D eigenvalue weighted by Crippen LogP contribution is 2.16. The number of carbonyl (C=O) groups excluding carboxylic acids is 1. The van der Waals surface area contributed by atoms with Gasteiger partial charge in [-0.05, 0) is 26.0 Å². The Morgan fingerprint density at radius 3 is 2.56 bits per heavy atom. The van der Waals surface area contributed by atoms with Crippen LogP contribution in [0.15, 0.2) is 35.0 Å². The second-order valence-corrected chi connectivity index (χ2v) is 7.56. The van der Waals surface area contributed by atoms with Crippen molar-refractivity contribution in [3.63, 3.8) is 0 Å². The average Bonchev–Trinajstić information content (AvgIpc) is 3.21. The molecule has 3 rings (SSSR count). The van der Waals surface area contributed by atoms with Crippen molar-refractivity contribution in [3.05, 3.63) is 62.0 Å². The Kier molecular flexibility index (Phi) is 5.78. The summed E-state index contributed by atoms with van der Waals surface area (Å²) in [6.45, 7) is 4.85. The highest BCUT2D eigenvalue weighted by Gasteiger charge is 2.09. The van der Waals surface area contributed by atoms with Gasteiger partial charge in [-0.1, -0.05) is 17.7 Å². The molecule has 7 heteroatoms. The van der Waals surface area contributed by atoms with Crippen molar-refractivity contribution in [1.82, 2.24) is 15.3 Å². The lowest BCUT2D eigenvalue weighted by atomic mass is 10.2. The summed E-state index contributed by atoms with van der Waals surface area (Å²) in [6.07, 6.45) is 0.269. The second kappa shape index (κ2) is 8.22. The molecule has 1 amide bonds. The zero-order valence-electron chi connectivity index (χ0n) is 14.1. The van der Waals surface area contributed by atoms with Crippen molar-refractivity contribution in [2.75, 3.05) is 0 Å². The molecule has 0 saturated heterocycles. The Morgan fingerprint density at radius 1 is 1.08 bits per heavy atom. The lowest BCUT2D eigenvalue weighted by Crippen LogP contribution is -2.24. The molecule has 5 nitrogen and oxygen atoms in total. The minimum Gasteiger partial charge on any atom is -0.486 e. The molecule has 130 valence electrons. The lowest BCUT2D eigenvalue weighted by molar-refractivity contribution is -0.120. The fraction of sp³-hybridized carbons (Fsp3) is 0.278. The third-order valence-electron chi connectivity index (χ3n) is 3.43. The topological polar surface area (TPSA) is 64.1 Å². The number of ether oxygens (including phenoxy) is 1. The van der Waals surface area contributed by atoms with Crippen LogP contribution in [0.1, 0.15) is 27.0 Å². The number of aryl methyl sites for hydroxylation is 2. The van der Waals surface area contributed by atoms with Crippen molar-refractivity contribution in [1.29, 1.82) is 0 Å². The first-order valence-electron chi connectivity index (χ1n) is 7.89. The Labute approximate surface area is 154 Å². The van der Waals surface area contributed by atoms with Crippen molar-refractivity contribution < 1.29 is 9.53 Å². The monoisotopic (exact) mass is 373 g/mol. The van der Waals surface area contributed by atoms with Crippen LogP contribution in [0.2, 0.25) is 0 Å². The van der Waals surface area contributed by atoms with Crippen LogP contribution in [-0.4, -0.2) is 15.9 Å². The Bertz CT molecular complexity index is 840. The summed E-state index contributed by atoms with van der Waals surface area (Å²) in [5, 5.41) is 8.53. The molecule has 2 aromatic heterocycles. The van der Waals surface area contributed by atoms with Gasteiger partial charge in [0.15, 0.2) is 0 Å². The molecule has 0 atom stereocenters. The summed E-state index contributed by atoms with van der Waals surface area (Å²) in [7, 11) is 0. The van der Waals surface area contributed by atoms with Crippen LogP contribution in [0, 0.1) is 13.8 Å². The molecule has 3 aromatic rings. The van der Waals surface area contributed by atoms with Crippen LogP contribution in [0.5, 0.6) is 5.75 Å². The molecule has 0 radical (unpaired) electrons. The van der Waals surface area contributed by atoms with E-state index in [1.54, 1.807) is 11.3 Å². The van der Waals surface area contributed by atoms with Crippen LogP contribution in [0.4, 0.5) is 0 Å². The summed E-state index contributed by atoms with van der Waals surface area (Å²) in [5.74, 6) is 0.767. The highest BCUT2D eigenvalue weighted by atomic mass is 32.1. The van der Waals surface area contributed by atoms with E-state index < -0.39 is 0 Å². The summed E-state index contributed by atoms with van der Waals surface area (Å²) in [5.41, 5.74) is 2.94. The number of carbonyl (C=O) groups is 1. The molecule has 0 aliphatic heterocycles. The Morgan fingerprint density at radius 2 is 1.84 bits per heavy atom. The summed E-state index contributed by atoms with van der Waals surface area (Å²) < 4.78 is 5.71. The molecule has 1 N–H and O–H groups in total. The van der Waals surface area contributed by atoms with Crippen LogP contribution in [-0.2, 0) is 24.4 Å². The van der Waals surface area contributed by atoms with E-state index >= 15 is 0 Å². The predicted octanol–water partition coefficient (Wildman–Crippen LogP) is 3.65. The number of hydrogen-bond acceptors (Lipinski definition) is 6. The van der Waals surface area contributed by atoms with E-state index in [0.717, 1.165) is 27.2 Å². The quantitative estimate of drug-likeness (QED) is 0.686. The predicted molar refractivity (Wildman–Crippen MR) is 100 cm³/mol. The van der Waals surface area contributed by atoms with Gasteiger partial charge in [-0.2, -0.15) is 0 Å². The lowest BCUT2D eigenvalue weighted by Gasteiger charge is -2.04. The maximum Gasteiger partial charge on any atom is 0.226 e. The summed E-state index contributed by atoms with van der Waals surface area (Å²) in [6, 6.07) is 7.91. The van der Waals surface area contributed by atoms with Crippen molar-refractivity contribution in [2.45, 2.75) is 33.4 Å². The Balaban J connectivity index is 1.45. The molecule has 25 heavy (non-hydrogen) atoms. The first-order chi connectivity index (χ1) is 12.1. The molecule has 0 aliphatic carbocycles. The largest absolute Gasteiger partial charge is 0.486 e. The number of rotatable bonds is 7. The minimum atomic E-state index is -0.0517. The molecule has 0 aliphatic rings. The van der Waals surface area contributed by atoms with Gasteiger partial charge < -0.3 is 10.1 Å². The standard InChI is InChI=1S/C18H19N3O2S2/c1-12-3-5-15(6-4-12)23-9-18-21-14(11-25-18)7-16(22)19-8-17-20-13(2)10-24-17/h3-6,10-11H,7-9H2,1-2H3,(H,19,22). The van der Waals surface area contributed by atoms with E-state index in [1.807, 2.05) is 48.9 Å². The molecule has 1 aromatic carbocycles. The molecular weight excluding hydrogens is 354 g/mol. The number of thiazole rings is 2. The number of nitrogens with zero attached hydrogens (tertiary/aromatic N) is 2. The van der Waals surface area contributed by atoms with E-state index in [0.29, 0.717) is 13.2 Å². The van der Waals surface area contributed by atoms with Gasteiger partial charge in [0.05, 0.1) is 18.7 Å². The second-order valence-electron chi connectivity index (χ2n) is 5.67. The van der Waals surface area contributed by atoms with Gasteiger partial charge in [0.2, 0.25) is 5.91 Å². The SMILES string of the molecule is Cc1ccc(OCc2nc(CC(=O)NCc3nc(C)cs3)cs2)cc1. The van der Waals surface area contributed by atoms with Crippen molar-refractivity contribution >= 4 is 28.6 Å². The van der Waals surface area contributed by atoms with Gasteiger partial charge in [0.25, 0.3) is 0 Å². The number of amides is 1. The van der Waals surface area contributed by atoms with Gasteiger partial charge in [-0.3, -0.25) is 4.79 Å². The molecule has 0 spiro atoms. The van der Waals surface area contributed by atoms with Crippen LogP contribution in [0.25, 0.3) is 0 Å². The number of hydrogen-bond donors (Lipinski definition) is 1. The third-order valence-corrected chi connectivity index (χ3v) is 5.27. The summed E-state index contributed by atoms with van der Waals surface area (Å²) in [4.78, 5) is 20.8. The minimum absolute atomic E-state index is 0.0517. The third kappa shape index (κ3) is 5.37. The zero-order valence-corrected chi connectivity index (χ0v) is 15.7. The van der Waals surface area contributed by atoms with Gasteiger partial charge in [0.1, 0.15) is 22.4 Å². The van der Waals surface area contributed by atoms with Gasteiger partial charge in [0, 0.05) is 16.5 Å². The highest BCUT2D eigenvalue weighted by molar-refractivity contribution is 7.09. The van der Waals surface area contributed by atoms with Crippen LogP contribution < -0.4 is 10.1 Å². The van der Waals surface area contributed by atoms with E-state index in [2.05, 4.69) is 15.3 Å². The molecule has 2 heterocycles. The molecule has 0 fully saturated rings. The van der Waals surface area contributed by atoms with E-state index in [9.17, 15) is 4.79 Å². The first kappa shape index (κ1) is 17.6. The van der Waals surface area contributed by atoms with Crippen molar-refractivity contribution in [2.24, 2.45) is 0 Å². The molecule has 0 saturated carbocycles. The van der Waals surface area contributed by atoms with Gasteiger partial charge >= 0.3 is 0 Å². The van der Waals surface area contributed by atoms with Gasteiger partial charge in [-0.15, -0.1) is 22.7 Å². The molecule has 0 unspecified atom stereocenters. The van der Waals surface area contributed by atoms with Crippen LogP contribution in [0.3, 0.4) is 0 Å². The maximum atomic E-state index is 12.0. The first-order valence-corrected chi connectivity index (χ1v) is 9.65. The average molecular weight is 374 g/mol. The number of benzene rings is 1. The molecule has 0 bridgehead atoms.